The molecule has 0 amide bonds. The van der Waals surface area contributed by atoms with Crippen LogP contribution in [0.3, 0.4) is 0 Å². The highest BCUT2D eigenvalue weighted by Gasteiger charge is 2.41. The van der Waals surface area contributed by atoms with E-state index in [4.69, 9.17) is 23.1 Å². The maximum absolute atomic E-state index is 13.5. The third-order valence-electron chi connectivity index (χ3n) is 6.70. The summed E-state index contributed by atoms with van der Waals surface area (Å²) in [5.41, 5.74) is -2.53. The maximum atomic E-state index is 13.5. The molecule has 0 saturated carbocycles. The first-order valence-corrected chi connectivity index (χ1v) is 16.1. The number of nitrogens with zero attached hydrogens (tertiary/aromatic N) is 5. The van der Waals surface area contributed by atoms with Crippen molar-refractivity contribution in [3.63, 3.8) is 0 Å². The summed E-state index contributed by atoms with van der Waals surface area (Å²) in [7, 11) is -4.09. The molecule has 1 saturated heterocycles. The highest BCUT2D eigenvalue weighted by molar-refractivity contribution is 7.86. The molecular weight excluding hydrogens is 638 g/mol. The van der Waals surface area contributed by atoms with E-state index in [1.165, 1.54) is 36.1 Å². The zero-order valence-corrected chi connectivity index (χ0v) is 28.3. The summed E-state index contributed by atoms with van der Waals surface area (Å²) in [5, 5.41) is 8.13. The Labute approximate surface area is 271 Å². The minimum Gasteiger partial charge on any atom is -0.443 e. The first-order chi connectivity index (χ1) is 21.7. The normalized spacial score (nSPS) is 18.6. The zero-order valence-electron chi connectivity index (χ0n) is 27.5. The van der Waals surface area contributed by atoms with Crippen molar-refractivity contribution >= 4 is 22.4 Å². The average Bonchev–Trinajstić information content (AvgIpc) is 3.58. The monoisotopic (exact) mass is 677 g/mol. The van der Waals surface area contributed by atoms with Crippen LogP contribution in [0.25, 0.3) is 0 Å². The molecule has 16 nitrogen and oxygen atoms in total. The quantitative estimate of drug-likeness (QED) is 0.249. The van der Waals surface area contributed by atoms with Crippen molar-refractivity contribution < 1.29 is 41.1 Å². The topological polar surface area (TPSA) is 189 Å². The lowest BCUT2D eigenvalue weighted by molar-refractivity contribution is -0.0604. The van der Waals surface area contributed by atoms with Crippen LogP contribution >= 0.6 is 0 Å². The summed E-state index contributed by atoms with van der Waals surface area (Å²) in [6, 6.07) is 5.45. The molecule has 1 aliphatic rings. The van der Waals surface area contributed by atoms with Gasteiger partial charge in [-0.05, 0) is 67.5 Å². The van der Waals surface area contributed by atoms with Gasteiger partial charge in [-0.2, -0.15) is 13.0 Å². The molecule has 0 spiro atoms. The minimum absolute atomic E-state index is 0.0182. The van der Waals surface area contributed by atoms with Gasteiger partial charge in [-0.15, -0.1) is 5.10 Å². The standard InChI is InChI=1S/C30H39N5O11S/c1-18-9-11-21(12-10-18)47(40,41)43-16-20-15-34(32-31-20)22-13-24(44-23(22)17-42-28(39)46-30(6,7)8)33-14-19(2)25(36)35(26(33)37)27(38)45-29(3,4)5/h9-12,14-15,22-24H,13,16-17H2,1-8H3/t22-,23+,24+/m0/s1. The van der Waals surface area contributed by atoms with Crippen molar-refractivity contribution in [1.82, 2.24) is 24.1 Å². The van der Waals surface area contributed by atoms with Gasteiger partial charge in [0.2, 0.25) is 0 Å². The highest BCUT2D eigenvalue weighted by Crippen LogP contribution is 2.36. The first kappa shape index (κ1) is 35.5. The van der Waals surface area contributed by atoms with Crippen LogP contribution in [-0.4, -0.2) is 68.7 Å². The highest BCUT2D eigenvalue weighted by atomic mass is 32.2. The second-order valence-corrected chi connectivity index (χ2v) is 14.7. The van der Waals surface area contributed by atoms with Crippen molar-refractivity contribution in [2.45, 2.75) is 103 Å². The van der Waals surface area contributed by atoms with Crippen LogP contribution in [0.2, 0.25) is 0 Å². The van der Waals surface area contributed by atoms with Gasteiger partial charge in [-0.1, -0.05) is 22.9 Å². The number of hydrogen-bond donors (Lipinski definition) is 0. The number of benzene rings is 1. The first-order valence-electron chi connectivity index (χ1n) is 14.7. The maximum Gasteiger partial charge on any atom is 0.508 e. The fourth-order valence-electron chi connectivity index (χ4n) is 4.57. The molecule has 1 aliphatic heterocycles. The van der Waals surface area contributed by atoms with Gasteiger partial charge in [-0.25, -0.2) is 19.1 Å². The molecule has 0 aliphatic carbocycles. The van der Waals surface area contributed by atoms with Gasteiger partial charge in [0, 0.05) is 18.2 Å². The Morgan fingerprint density at radius 2 is 1.62 bits per heavy atom. The third kappa shape index (κ3) is 8.93. The lowest BCUT2D eigenvalue weighted by atomic mass is 10.1. The Balaban J connectivity index is 1.61. The molecular formula is C30H39N5O11S. The van der Waals surface area contributed by atoms with Crippen molar-refractivity contribution in [1.29, 1.82) is 0 Å². The Morgan fingerprint density at radius 3 is 2.23 bits per heavy atom. The summed E-state index contributed by atoms with van der Waals surface area (Å²) in [5.74, 6) is 0. The van der Waals surface area contributed by atoms with E-state index in [-0.39, 0.29) is 29.2 Å². The number of rotatable bonds is 8. The Morgan fingerprint density at radius 1 is 0.979 bits per heavy atom. The second-order valence-electron chi connectivity index (χ2n) is 13.0. The fraction of sp³-hybridized carbons (Fsp3) is 0.533. The zero-order chi connectivity index (χ0) is 34.9. The van der Waals surface area contributed by atoms with Crippen LogP contribution in [0, 0.1) is 13.8 Å². The van der Waals surface area contributed by atoms with Crippen molar-refractivity contribution in [3.05, 3.63) is 74.3 Å². The predicted octanol–water partition coefficient (Wildman–Crippen LogP) is 3.39. The van der Waals surface area contributed by atoms with Gasteiger partial charge in [0.25, 0.3) is 15.7 Å². The van der Waals surface area contributed by atoms with E-state index in [0.717, 1.165) is 10.1 Å². The molecule has 3 aromatic rings. The predicted molar refractivity (Wildman–Crippen MR) is 164 cm³/mol. The van der Waals surface area contributed by atoms with Crippen LogP contribution in [0.15, 0.2) is 51.1 Å². The summed E-state index contributed by atoms with van der Waals surface area (Å²) < 4.78 is 55.3. The van der Waals surface area contributed by atoms with Gasteiger partial charge in [-0.3, -0.25) is 13.5 Å². The fourth-order valence-corrected chi connectivity index (χ4v) is 5.45. The smallest absolute Gasteiger partial charge is 0.443 e. The molecule has 3 atom stereocenters. The van der Waals surface area contributed by atoms with Gasteiger partial charge >= 0.3 is 17.9 Å². The van der Waals surface area contributed by atoms with Gasteiger partial charge in [0.1, 0.15) is 42.4 Å². The Kier molecular flexibility index (Phi) is 10.1. The molecule has 1 aromatic carbocycles. The van der Waals surface area contributed by atoms with Crippen LogP contribution in [0.5, 0.6) is 0 Å². The Hall–Kier alpha value is -4.35. The van der Waals surface area contributed by atoms with E-state index < -0.39 is 69.8 Å². The molecule has 47 heavy (non-hydrogen) atoms. The van der Waals surface area contributed by atoms with Gasteiger partial charge in [0.05, 0.1) is 17.1 Å². The lowest BCUT2D eigenvalue weighted by Gasteiger charge is -2.22. The van der Waals surface area contributed by atoms with Crippen LogP contribution in [0.1, 0.15) is 77.1 Å². The van der Waals surface area contributed by atoms with Crippen molar-refractivity contribution in [3.8, 4) is 0 Å². The molecule has 17 heteroatoms. The third-order valence-corrected chi connectivity index (χ3v) is 7.98. The van der Waals surface area contributed by atoms with Gasteiger partial charge in [0.15, 0.2) is 0 Å². The summed E-state index contributed by atoms with van der Waals surface area (Å²) >= 11 is 0. The van der Waals surface area contributed by atoms with E-state index in [1.54, 1.807) is 53.7 Å². The van der Waals surface area contributed by atoms with E-state index in [2.05, 4.69) is 10.3 Å². The molecule has 4 rings (SSSR count). The number of carbonyl (C=O) groups excluding carboxylic acids is 2. The lowest BCUT2D eigenvalue weighted by Crippen LogP contribution is -2.47. The van der Waals surface area contributed by atoms with Crippen LogP contribution in [-0.2, 0) is 39.9 Å². The van der Waals surface area contributed by atoms with E-state index >= 15 is 0 Å². The van der Waals surface area contributed by atoms with E-state index in [9.17, 15) is 27.6 Å². The molecule has 0 N–H and O–H groups in total. The Bertz CT molecular complexity index is 1850. The van der Waals surface area contributed by atoms with Crippen LogP contribution in [0.4, 0.5) is 9.59 Å². The average molecular weight is 678 g/mol. The van der Waals surface area contributed by atoms with Crippen LogP contribution < -0.4 is 11.2 Å². The number of hydrogen-bond acceptors (Lipinski definition) is 13. The molecule has 0 bridgehead atoms. The summed E-state index contributed by atoms with van der Waals surface area (Å²) in [6.07, 6.45) is -1.33. The van der Waals surface area contributed by atoms with E-state index in [0.29, 0.717) is 4.57 Å². The summed E-state index contributed by atoms with van der Waals surface area (Å²) in [4.78, 5) is 51.5. The molecule has 2 aromatic heterocycles. The number of aromatic nitrogens is 5. The molecule has 256 valence electrons. The molecule has 3 heterocycles. The molecule has 1 fully saturated rings. The minimum atomic E-state index is -4.09. The molecule has 0 radical (unpaired) electrons. The van der Waals surface area contributed by atoms with Crippen molar-refractivity contribution in [2.24, 2.45) is 0 Å². The number of aryl methyl sites for hydroxylation is 2. The number of ether oxygens (including phenoxy) is 4. The van der Waals surface area contributed by atoms with Gasteiger partial charge < -0.3 is 18.9 Å². The molecule has 0 unspecified atom stereocenters. The SMILES string of the molecule is Cc1ccc(S(=O)(=O)OCc2cn([C@H]3C[C@H](n4cc(C)c(=O)n(C(=O)OC(C)(C)C)c4=O)O[C@@H]3COC(=O)OC(C)(C)C)nn2)cc1. The van der Waals surface area contributed by atoms with E-state index in [1.807, 2.05) is 6.92 Å². The summed E-state index contributed by atoms with van der Waals surface area (Å²) in [6.45, 7) is 12.3. The second kappa shape index (κ2) is 13.4. The van der Waals surface area contributed by atoms with Crippen molar-refractivity contribution in [2.75, 3.05) is 6.61 Å². The largest absolute Gasteiger partial charge is 0.508 e. The number of carbonyl (C=O) groups is 2.